The molecular weight excluding hydrogens is 290 g/mol. The van der Waals surface area contributed by atoms with E-state index < -0.39 is 0 Å². The van der Waals surface area contributed by atoms with Crippen LogP contribution in [0.25, 0.3) is 0 Å². The van der Waals surface area contributed by atoms with E-state index >= 15 is 0 Å². The van der Waals surface area contributed by atoms with Gasteiger partial charge in [-0.1, -0.05) is 27.7 Å². The number of nitrogens with one attached hydrogen (secondary N) is 1. The van der Waals surface area contributed by atoms with Crippen molar-refractivity contribution >= 4 is 5.91 Å². The number of amides is 1. The molecule has 0 aromatic rings. The Balaban J connectivity index is 1.85. The van der Waals surface area contributed by atoms with E-state index in [-0.39, 0.29) is 35.8 Å². The molecule has 132 valence electrons. The third-order valence-electron chi connectivity index (χ3n) is 6.97. The molecule has 1 aliphatic heterocycles. The van der Waals surface area contributed by atoms with Crippen LogP contribution in [-0.4, -0.2) is 36.4 Å². The van der Waals surface area contributed by atoms with Crippen molar-refractivity contribution in [2.24, 2.45) is 28.6 Å². The van der Waals surface area contributed by atoms with Crippen LogP contribution in [0.3, 0.4) is 0 Å². The van der Waals surface area contributed by atoms with Crippen LogP contribution in [0.4, 0.5) is 0 Å². The van der Waals surface area contributed by atoms with E-state index in [1.807, 2.05) is 0 Å². The maximum atomic E-state index is 12.2. The Morgan fingerprint density at radius 1 is 1.39 bits per heavy atom. The van der Waals surface area contributed by atoms with Crippen LogP contribution in [-0.2, 0) is 9.53 Å². The van der Waals surface area contributed by atoms with E-state index in [0.717, 1.165) is 19.4 Å². The number of fused-ring (bicyclic) bond motifs is 1. The van der Waals surface area contributed by atoms with E-state index in [1.165, 1.54) is 12.8 Å². The SMILES string of the molecule is CC(C)C[C@H]1OCCC23C[C@@H](C[C@H]12)C(C)(C)[C@H]3NC(=O)CCO. The first-order valence-electron chi connectivity index (χ1n) is 9.33. The normalized spacial score (nSPS) is 41.1. The lowest BCUT2D eigenvalue weighted by molar-refractivity contribution is -0.139. The fraction of sp³-hybridized carbons (Fsp3) is 0.947. The molecule has 23 heavy (non-hydrogen) atoms. The van der Waals surface area contributed by atoms with Gasteiger partial charge in [0.05, 0.1) is 12.7 Å². The molecule has 0 aromatic carbocycles. The molecule has 1 heterocycles. The van der Waals surface area contributed by atoms with Crippen molar-refractivity contribution in [2.75, 3.05) is 13.2 Å². The van der Waals surface area contributed by atoms with Crippen molar-refractivity contribution in [3.63, 3.8) is 0 Å². The summed E-state index contributed by atoms with van der Waals surface area (Å²) in [5.41, 5.74) is 0.346. The van der Waals surface area contributed by atoms with Crippen LogP contribution in [0.5, 0.6) is 0 Å². The highest BCUT2D eigenvalue weighted by Crippen LogP contribution is 2.68. The summed E-state index contributed by atoms with van der Waals surface area (Å²) >= 11 is 0. The Bertz CT molecular complexity index is 462. The molecule has 3 aliphatic rings. The minimum absolute atomic E-state index is 0.00171. The minimum atomic E-state index is -0.0715. The second-order valence-corrected chi connectivity index (χ2v) is 9.06. The van der Waals surface area contributed by atoms with Gasteiger partial charge in [-0.15, -0.1) is 0 Å². The number of hydrogen-bond donors (Lipinski definition) is 2. The number of ether oxygens (including phenoxy) is 1. The predicted molar refractivity (Wildman–Crippen MR) is 89.9 cm³/mol. The molecule has 0 aromatic heterocycles. The first-order valence-corrected chi connectivity index (χ1v) is 9.33. The molecule has 4 heteroatoms. The molecule has 1 saturated heterocycles. The summed E-state index contributed by atoms with van der Waals surface area (Å²) in [5.74, 6) is 1.89. The Morgan fingerprint density at radius 3 is 2.78 bits per heavy atom. The smallest absolute Gasteiger partial charge is 0.222 e. The molecular formula is C19H33NO3. The molecule has 2 aliphatic carbocycles. The maximum Gasteiger partial charge on any atom is 0.222 e. The fourth-order valence-corrected chi connectivity index (χ4v) is 5.94. The highest BCUT2D eigenvalue weighted by molar-refractivity contribution is 5.76. The number of rotatable bonds is 5. The largest absolute Gasteiger partial charge is 0.396 e. The molecule has 1 spiro atoms. The molecule has 1 amide bonds. The first kappa shape index (κ1) is 17.2. The van der Waals surface area contributed by atoms with Crippen LogP contribution >= 0.6 is 0 Å². The van der Waals surface area contributed by atoms with Gasteiger partial charge in [-0.2, -0.15) is 0 Å². The average Bonchev–Trinajstić information content (AvgIpc) is 2.93. The number of aliphatic hydroxyl groups excluding tert-OH is 1. The zero-order valence-corrected chi connectivity index (χ0v) is 15.1. The standard InChI is InChI=1S/C19H33NO3/c1-12(2)9-15-14-10-13-11-19(14,6-8-23-15)17(18(13,3)4)20-16(22)5-7-21/h12-15,17,21H,5-11H2,1-4H3,(H,20,22)/t13-,14-,15-,17-,19?/m1/s1. The van der Waals surface area contributed by atoms with Crippen molar-refractivity contribution in [1.82, 2.24) is 5.32 Å². The van der Waals surface area contributed by atoms with Gasteiger partial charge in [0, 0.05) is 19.1 Å². The van der Waals surface area contributed by atoms with E-state index in [0.29, 0.717) is 23.9 Å². The number of carbonyl (C=O) groups excluding carboxylic acids is 1. The van der Waals surface area contributed by atoms with Crippen molar-refractivity contribution in [2.45, 2.75) is 71.9 Å². The molecule has 4 nitrogen and oxygen atoms in total. The fourth-order valence-electron chi connectivity index (χ4n) is 5.94. The van der Waals surface area contributed by atoms with Crippen molar-refractivity contribution in [3.05, 3.63) is 0 Å². The summed E-state index contributed by atoms with van der Waals surface area (Å²) in [7, 11) is 0. The lowest BCUT2D eigenvalue weighted by Gasteiger charge is -2.53. The Labute approximate surface area is 140 Å². The van der Waals surface area contributed by atoms with Gasteiger partial charge in [0.15, 0.2) is 0 Å². The van der Waals surface area contributed by atoms with Gasteiger partial charge in [0.1, 0.15) is 0 Å². The second kappa shape index (κ2) is 6.03. The summed E-state index contributed by atoms with van der Waals surface area (Å²) < 4.78 is 6.17. The van der Waals surface area contributed by atoms with Gasteiger partial charge in [0.25, 0.3) is 0 Å². The second-order valence-electron chi connectivity index (χ2n) is 9.06. The average molecular weight is 323 g/mol. The summed E-state index contributed by atoms with van der Waals surface area (Å²) in [6, 6.07) is 0.219. The zero-order chi connectivity index (χ0) is 16.8. The molecule has 2 saturated carbocycles. The topological polar surface area (TPSA) is 58.6 Å². The third kappa shape index (κ3) is 2.72. The Hall–Kier alpha value is -0.610. The van der Waals surface area contributed by atoms with E-state index in [1.54, 1.807) is 0 Å². The van der Waals surface area contributed by atoms with Gasteiger partial charge >= 0.3 is 0 Å². The van der Waals surface area contributed by atoms with Crippen molar-refractivity contribution in [1.29, 1.82) is 0 Å². The maximum absolute atomic E-state index is 12.2. The third-order valence-corrected chi connectivity index (χ3v) is 6.97. The van der Waals surface area contributed by atoms with Crippen LogP contribution in [0.1, 0.15) is 59.8 Å². The number of aliphatic hydroxyl groups is 1. The van der Waals surface area contributed by atoms with Crippen molar-refractivity contribution in [3.8, 4) is 0 Å². The van der Waals surface area contributed by atoms with Gasteiger partial charge in [0.2, 0.25) is 5.91 Å². The van der Waals surface area contributed by atoms with Crippen LogP contribution in [0.2, 0.25) is 0 Å². The predicted octanol–water partition coefficient (Wildman–Crippen LogP) is 2.74. The molecule has 1 unspecified atom stereocenters. The van der Waals surface area contributed by atoms with E-state index in [9.17, 15) is 4.79 Å². The van der Waals surface area contributed by atoms with Gasteiger partial charge in [-0.05, 0) is 54.3 Å². The van der Waals surface area contributed by atoms with Crippen LogP contribution < -0.4 is 5.32 Å². The first-order chi connectivity index (χ1) is 10.8. The number of carbonyl (C=O) groups is 1. The Morgan fingerprint density at radius 2 is 2.13 bits per heavy atom. The Kier molecular flexibility index (Phi) is 4.52. The van der Waals surface area contributed by atoms with Crippen LogP contribution in [0, 0.1) is 28.6 Å². The molecule has 2 N–H and O–H groups in total. The minimum Gasteiger partial charge on any atom is -0.396 e. The monoisotopic (exact) mass is 323 g/mol. The van der Waals surface area contributed by atoms with Crippen LogP contribution in [0.15, 0.2) is 0 Å². The number of hydrogen-bond acceptors (Lipinski definition) is 3. The molecule has 0 radical (unpaired) electrons. The van der Waals surface area contributed by atoms with Gasteiger partial charge < -0.3 is 15.2 Å². The molecule has 3 rings (SSSR count). The van der Waals surface area contributed by atoms with Gasteiger partial charge in [-0.25, -0.2) is 0 Å². The quantitative estimate of drug-likeness (QED) is 0.818. The van der Waals surface area contributed by atoms with Gasteiger partial charge in [-0.3, -0.25) is 4.79 Å². The molecule has 2 bridgehead atoms. The highest BCUT2D eigenvalue weighted by atomic mass is 16.5. The van der Waals surface area contributed by atoms with E-state index in [2.05, 4.69) is 33.0 Å². The lowest BCUT2D eigenvalue weighted by atomic mass is 9.59. The highest BCUT2D eigenvalue weighted by Gasteiger charge is 2.68. The summed E-state index contributed by atoms with van der Waals surface area (Å²) in [4.78, 5) is 12.2. The molecule has 3 fully saturated rings. The zero-order valence-electron chi connectivity index (χ0n) is 15.1. The molecule has 5 atom stereocenters. The van der Waals surface area contributed by atoms with Crippen molar-refractivity contribution < 1.29 is 14.6 Å². The summed E-state index contributed by atoms with van der Waals surface area (Å²) in [6.07, 6.45) is 5.22. The van der Waals surface area contributed by atoms with E-state index in [4.69, 9.17) is 9.84 Å². The summed E-state index contributed by atoms with van der Waals surface area (Å²) in [5, 5.41) is 12.4. The lowest BCUT2D eigenvalue weighted by Crippen LogP contribution is -2.60. The summed E-state index contributed by atoms with van der Waals surface area (Å²) in [6.45, 7) is 9.92.